The van der Waals surface area contributed by atoms with E-state index in [0.717, 1.165) is 23.7 Å². The Balaban J connectivity index is 1.74. The summed E-state index contributed by atoms with van der Waals surface area (Å²) in [5, 5.41) is 0. The summed E-state index contributed by atoms with van der Waals surface area (Å²) in [6, 6.07) is 3.89. The quantitative estimate of drug-likeness (QED) is 0.914. The van der Waals surface area contributed by atoms with Crippen LogP contribution in [0.5, 0.6) is 0 Å². The first-order chi connectivity index (χ1) is 9.33. The minimum absolute atomic E-state index is 0.557. The first kappa shape index (κ1) is 12.2. The van der Waals surface area contributed by atoms with Gasteiger partial charge in [0.15, 0.2) is 0 Å². The molecule has 2 N–H and O–H groups in total. The van der Waals surface area contributed by atoms with E-state index < -0.39 is 0 Å². The van der Waals surface area contributed by atoms with Crippen molar-refractivity contribution in [3.8, 4) is 11.3 Å². The molecule has 0 radical (unpaired) electrons. The molecule has 100 valence electrons. The van der Waals surface area contributed by atoms with E-state index in [0.29, 0.717) is 5.82 Å². The van der Waals surface area contributed by atoms with Gasteiger partial charge in [-0.25, -0.2) is 9.97 Å². The van der Waals surface area contributed by atoms with Crippen molar-refractivity contribution in [2.24, 2.45) is 5.92 Å². The fourth-order valence-electron chi connectivity index (χ4n) is 2.97. The van der Waals surface area contributed by atoms with E-state index in [-0.39, 0.29) is 0 Å². The van der Waals surface area contributed by atoms with Crippen LogP contribution in [-0.2, 0) is 6.54 Å². The lowest BCUT2D eigenvalue weighted by atomic mass is 10.0. The summed E-state index contributed by atoms with van der Waals surface area (Å²) in [7, 11) is 0. The van der Waals surface area contributed by atoms with E-state index >= 15 is 0 Å². The Morgan fingerprint density at radius 3 is 2.95 bits per heavy atom. The Hall–Kier alpha value is -1.84. The van der Waals surface area contributed by atoms with Crippen molar-refractivity contribution in [3.63, 3.8) is 0 Å². The lowest BCUT2D eigenvalue weighted by molar-refractivity contribution is 0.459. The molecule has 0 unspecified atom stereocenters. The van der Waals surface area contributed by atoms with E-state index in [1.165, 1.54) is 32.1 Å². The van der Waals surface area contributed by atoms with Crippen LogP contribution in [0.15, 0.2) is 30.9 Å². The van der Waals surface area contributed by atoms with Crippen LogP contribution in [0.3, 0.4) is 0 Å². The van der Waals surface area contributed by atoms with Gasteiger partial charge in [-0.3, -0.25) is 0 Å². The van der Waals surface area contributed by atoms with Gasteiger partial charge in [-0.1, -0.05) is 25.7 Å². The summed E-state index contributed by atoms with van der Waals surface area (Å²) >= 11 is 0. The van der Waals surface area contributed by atoms with E-state index in [1.807, 2.05) is 24.7 Å². The average molecular weight is 256 g/mol. The van der Waals surface area contributed by atoms with Crippen molar-refractivity contribution < 1.29 is 0 Å². The van der Waals surface area contributed by atoms with Gasteiger partial charge in [0.25, 0.3) is 0 Å². The van der Waals surface area contributed by atoms with E-state index in [9.17, 15) is 0 Å². The fraction of sp³-hybridized carbons (Fsp3) is 0.467. The van der Waals surface area contributed by atoms with Gasteiger partial charge in [0, 0.05) is 18.3 Å². The number of pyridine rings is 1. The summed E-state index contributed by atoms with van der Waals surface area (Å²) in [6.45, 7) is 1.04. The predicted octanol–water partition coefficient (Wildman–Crippen LogP) is 3.11. The second-order valence-electron chi connectivity index (χ2n) is 5.38. The van der Waals surface area contributed by atoms with Crippen molar-refractivity contribution in [2.45, 2.75) is 38.6 Å². The smallest absolute Gasteiger partial charge is 0.123 e. The number of nitrogen functional groups attached to an aromatic ring is 1. The zero-order valence-electron chi connectivity index (χ0n) is 11.1. The van der Waals surface area contributed by atoms with Gasteiger partial charge < -0.3 is 10.3 Å². The molecule has 0 atom stereocenters. The lowest BCUT2D eigenvalue weighted by Gasteiger charge is -2.12. The molecule has 4 heteroatoms. The standard InChI is InChI=1S/C15H20N4/c16-15-9-13(5-7-18-15)14-10-17-11-19(14)8-6-12-3-1-2-4-12/h5,7,9-12H,1-4,6,8H2,(H2,16,18). The first-order valence-electron chi connectivity index (χ1n) is 7.05. The number of rotatable bonds is 4. The Morgan fingerprint density at radius 1 is 1.32 bits per heavy atom. The van der Waals surface area contributed by atoms with Crippen molar-refractivity contribution in [1.82, 2.24) is 14.5 Å². The number of imidazole rings is 1. The molecule has 4 nitrogen and oxygen atoms in total. The number of hydrogen-bond donors (Lipinski definition) is 1. The Kier molecular flexibility index (Phi) is 3.49. The molecule has 19 heavy (non-hydrogen) atoms. The van der Waals surface area contributed by atoms with Crippen LogP contribution < -0.4 is 5.73 Å². The van der Waals surface area contributed by atoms with Crippen LogP contribution in [0.1, 0.15) is 32.1 Å². The fourth-order valence-corrected chi connectivity index (χ4v) is 2.97. The number of nitrogens with two attached hydrogens (primary N) is 1. The summed E-state index contributed by atoms with van der Waals surface area (Å²) in [4.78, 5) is 8.31. The first-order valence-corrected chi connectivity index (χ1v) is 7.05. The Bertz CT molecular complexity index is 541. The van der Waals surface area contributed by atoms with Crippen LogP contribution in [0.25, 0.3) is 11.3 Å². The van der Waals surface area contributed by atoms with Gasteiger partial charge in [0.2, 0.25) is 0 Å². The summed E-state index contributed by atoms with van der Waals surface area (Å²) in [5.41, 5.74) is 7.97. The molecule has 0 bridgehead atoms. The van der Waals surface area contributed by atoms with Crippen LogP contribution in [0, 0.1) is 5.92 Å². The normalized spacial score (nSPS) is 16.0. The predicted molar refractivity (Wildman–Crippen MR) is 76.4 cm³/mol. The number of hydrogen-bond acceptors (Lipinski definition) is 3. The monoisotopic (exact) mass is 256 g/mol. The minimum atomic E-state index is 0.557. The lowest BCUT2D eigenvalue weighted by Crippen LogP contribution is -2.04. The number of nitrogens with zero attached hydrogens (tertiary/aromatic N) is 3. The molecule has 2 aromatic heterocycles. The molecule has 0 aromatic carbocycles. The van der Waals surface area contributed by atoms with Gasteiger partial charge in [0.1, 0.15) is 5.82 Å². The zero-order chi connectivity index (χ0) is 13.1. The highest BCUT2D eigenvalue weighted by Crippen LogP contribution is 2.29. The molecule has 0 amide bonds. The summed E-state index contributed by atoms with van der Waals surface area (Å²) < 4.78 is 2.23. The Labute approximate surface area is 113 Å². The molecule has 0 saturated heterocycles. The third-order valence-electron chi connectivity index (χ3n) is 4.04. The minimum Gasteiger partial charge on any atom is -0.384 e. The zero-order valence-corrected chi connectivity index (χ0v) is 11.1. The SMILES string of the molecule is Nc1cc(-c2cncn2CCC2CCCC2)ccn1. The topological polar surface area (TPSA) is 56.7 Å². The molecule has 1 saturated carbocycles. The maximum absolute atomic E-state index is 5.75. The maximum Gasteiger partial charge on any atom is 0.123 e. The van der Waals surface area contributed by atoms with Gasteiger partial charge in [0.05, 0.1) is 18.2 Å². The highest BCUT2D eigenvalue weighted by Gasteiger charge is 2.15. The molecule has 2 aromatic rings. The molecule has 1 aliphatic rings. The maximum atomic E-state index is 5.75. The summed E-state index contributed by atoms with van der Waals surface area (Å²) in [5.74, 6) is 1.46. The van der Waals surface area contributed by atoms with Crippen LogP contribution in [-0.4, -0.2) is 14.5 Å². The van der Waals surface area contributed by atoms with Gasteiger partial charge in [-0.05, 0) is 24.5 Å². The Morgan fingerprint density at radius 2 is 2.16 bits per heavy atom. The van der Waals surface area contributed by atoms with Crippen molar-refractivity contribution in [2.75, 3.05) is 5.73 Å². The molecular weight excluding hydrogens is 236 g/mol. The van der Waals surface area contributed by atoms with Gasteiger partial charge >= 0.3 is 0 Å². The largest absolute Gasteiger partial charge is 0.384 e. The van der Waals surface area contributed by atoms with E-state index in [2.05, 4.69) is 14.5 Å². The second kappa shape index (κ2) is 5.43. The third kappa shape index (κ3) is 2.78. The van der Waals surface area contributed by atoms with Gasteiger partial charge in [-0.2, -0.15) is 0 Å². The molecule has 1 fully saturated rings. The molecule has 2 heterocycles. The molecule has 0 spiro atoms. The summed E-state index contributed by atoms with van der Waals surface area (Å²) in [6.07, 6.45) is 12.4. The van der Waals surface area contributed by atoms with Gasteiger partial charge in [-0.15, -0.1) is 0 Å². The number of aryl methyl sites for hydroxylation is 1. The highest BCUT2D eigenvalue weighted by molar-refractivity contribution is 5.61. The molecular formula is C15H20N4. The molecule has 1 aliphatic carbocycles. The number of anilines is 1. The van der Waals surface area contributed by atoms with Crippen LogP contribution in [0.2, 0.25) is 0 Å². The highest BCUT2D eigenvalue weighted by atomic mass is 15.0. The number of aromatic nitrogens is 3. The van der Waals surface area contributed by atoms with Crippen LogP contribution in [0.4, 0.5) is 5.82 Å². The third-order valence-corrected chi connectivity index (χ3v) is 4.04. The average Bonchev–Trinajstić information content (AvgIpc) is 3.08. The van der Waals surface area contributed by atoms with E-state index in [1.54, 1.807) is 6.20 Å². The molecule has 0 aliphatic heterocycles. The van der Waals surface area contributed by atoms with Crippen molar-refractivity contribution >= 4 is 5.82 Å². The second-order valence-corrected chi connectivity index (χ2v) is 5.38. The van der Waals surface area contributed by atoms with Crippen molar-refractivity contribution in [1.29, 1.82) is 0 Å². The van der Waals surface area contributed by atoms with Crippen LogP contribution >= 0.6 is 0 Å². The van der Waals surface area contributed by atoms with E-state index in [4.69, 9.17) is 5.73 Å². The van der Waals surface area contributed by atoms with Crippen molar-refractivity contribution in [3.05, 3.63) is 30.9 Å². The molecule has 3 rings (SSSR count).